The lowest BCUT2D eigenvalue weighted by molar-refractivity contribution is -0.633. The van der Waals surface area contributed by atoms with E-state index in [2.05, 4.69) is 115 Å². The van der Waals surface area contributed by atoms with Crippen molar-refractivity contribution in [3.8, 4) is 11.3 Å². The number of benzene rings is 3. The first kappa shape index (κ1) is 21.6. The zero-order valence-electron chi connectivity index (χ0n) is 20.4. The minimum Gasteiger partial charge on any atom is -0.194 e. The van der Waals surface area contributed by atoms with E-state index in [0.717, 1.165) is 6.42 Å². The van der Waals surface area contributed by atoms with Crippen LogP contribution >= 0.6 is 0 Å². The number of aryl methyl sites for hydroxylation is 3. The smallest absolute Gasteiger partial charge is 0.194 e. The summed E-state index contributed by atoms with van der Waals surface area (Å²) in [7, 11) is 2.22. The third-order valence-electron chi connectivity index (χ3n) is 6.56. The van der Waals surface area contributed by atoms with Gasteiger partial charge < -0.3 is 0 Å². The molecular formula is C30H36N+. The van der Waals surface area contributed by atoms with Crippen LogP contribution in [0.3, 0.4) is 0 Å². The summed E-state index contributed by atoms with van der Waals surface area (Å²) in [6.07, 6.45) is 1.09. The van der Waals surface area contributed by atoms with Gasteiger partial charge in [0.25, 0.3) is 0 Å². The topological polar surface area (TPSA) is 3.88 Å². The summed E-state index contributed by atoms with van der Waals surface area (Å²) >= 11 is 0. The Kier molecular flexibility index (Phi) is 5.41. The lowest BCUT2D eigenvalue weighted by Crippen LogP contribution is -2.33. The molecule has 0 fully saturated rings. The molecule has 1 heterocycles. The van der Waals surface area contributed by atoms with Crippen LogP contribution in [0.15, 0.2) is 54.6 Å². The van der Waals surface area contributed by atoms with E-state index in [1.165, 1.54) is 55.2 Å². The molecule has 0 radical (unpaired) electrons. The minimum absolute atomic E-state index is 0.0782. The van der Waals surface area contributed by atoms with Crippen molar-refractivity contribution in [3.63, 3.8) is 0 Å². The molecule has 0 bridgehead atoms. The molecule has 160 valence electrons. The zero-order valence-corrected chi connectivity index (χ0v) is 20.4. The Labute approximate surface area is 187 Å². The van der Waals surface area contributed by atoms with Gasteiger partial charge in [0.15, 0.2) is 0 Å². The van der Waals surface area contributed by atoms with Gasteiger partial charge in [0, 0.05) is 23.1 Å². The monoisotopic (exact) mass is 410 g/mol. The molecule has 0 N–H and O–H groups in total. The maximum atomic E-state index is 2.45. The van der Waals surface area contributed by atoms with Crippen molar-refractivity contribution in [2.75, 3.05) is 0 Å². The number of aromatic nitrogens is 1. The van der Waals surface area contributed by atoms with Crippen LogP contribution in [0.4, 0.5) is 0 Å². The molecule has 31 heavy (non-hydrogen) atoms. The summed E-state index contributed by atoms with van der Waals surface area (Å²) in [6.45, 7) is 16.1. The summed E-state index contributed by atoms with van der Waals surface area (Å²) in [5, 5.41) is 4.11. The Morgan fingerprint density at radius 1 is 0.839 bits per heavy atom. The van der Waals surface area contributed by atoms with Crippen LogP contribution in [-0.4, -0.2) is 0 Å². The summed E-state index contributed by atoms with van der Waals surface area (Å²) in [6, 6.07) is 20.7. The molecule has 1 nitrogen and oxygen atoms in total. The standard InChI is InChI=1S/C30H36N/c1-19(2)15-22-17-29(31(8)28-16-20(3)13-14-24(22)28)26-18-27(30(5,6)7)25-12-10-9-11-23(25)21(26)4/h9-14,16-19H,15H2,1-8H3/q+1. The van der Waals surface area contributed by atoms with Gasteiger partial charge in [-0.05, 0) is 76.8 Å². The van der Waals surface area contributed by atoms with Gasteiger partial charge in [-0.15, -0.1) is 0 Å². The fraction of sp³-hybridized carbons (Fsp3) is 0.367. The van der Waals surface area contributed by atoms with Crippen molar-refractivity contribution < 1.29 is 4.57 Å². The zero-order chi connectivity index (χ0) is 22.5. The van der Waals surface area contributed by atoms with Crippen LogP contribution in [0.2, 0.25) is 0 Å². The van der Waals surface area contributed by atoms with E-state index in [0.29, 0.717) is 5.92 Å². The first-order chi connectivity index (χ1) is 14.6. The van der Waals surface area contributed by atoms with Crippen LogP contribution < -0.4 is 4.57 Å². The van der Waals surface area contributed by atoms with E-state index >= 15 is 0 Å². The number of hydrogen-bond donors (Lipinski definition) is 0. The molecular weight excluding hydrogens is 374 g/mol. The van der Waals surface area contributed by atoms with Crippen LogP contribution in [0, 0.1) is 19.8 Å². The number of rotatable bonds is 3. The van der Waals surface area contributed by atoms with Gasteiger partial charge in [-0.1, -0.05) is 65.0 Å². The summed E-state index contributed by atoms with van der Waals surface area (Å²) in [5.41, 5.74) is 9.58. The molecule has 0 aliphatic heterocycles. The van der Waals surface area contributed by atoms with Crippen molar-refractivity contribution >= 4 is 21.7 Å². The molecule has 1 heteroatoms. The van der Waals surface area contributed by atoms with Crippen molar-refractivity contribution in [2.45, 2.75) is 60.3 Å². The van der Waals surface area contributed by atoms with E-state index in [1.54, 1.807) is 0 Å². The van der Waals surface area contributed by atoms with Crippen LogP contribution in [0.1, 0.15) is 56.9 Å². The highest BCUT2D eigenvalue weighted by Crippen LogP contribution is 2.38. The SMILES string of the molecule is Cc1ccc2c(CC(C)C)cc(-c3cc(C(C)(C)C)c4ccccc4c3C)[n+](C)c2c1. The van der Waals surface area contributed by atoms with Gasteiger partial charge >= 0.3 is 0 Å². The fourth-order valence-electron chi connectivity index (χ4n) is 4.93. The maximum absolute atomic E-state index is 2.45. The molecule has 3 aromatic carbocycles. The summed E-state index contributed by atoms with van der Waals surface area (Å²) < 4.78 is 2.40. The molecule has 1 aromatic heterocycles. The van der Waals surface area contributed by atoms with Gasteiger partial charge in [0.2, 0.25) is 11.2 Å². The molecule has 0 unspecified atom stereocenters. The first-order valence-corrected chi connectivity index (χ1v) is 11.5. The van der Waals surface area contributed by atoms with Crippen molar-refractivity contribution in [3.05, 3.63) is 76.9 Å². The third-order valence-corrected chi connectivity index (χ3v) is 6.56. The fourth-order valence-corrected chi connectivity index (χ4v) is 4.93. The molecule has 0 spiro atoms. The molecule has 0 saturated heterocycles. The Balaban J connectivity index is 2.12. The summed E-state index contributed by atoms with van der Waals surface area (Å²) in [5.74, 6) is 0.618. The number of nitrogens with zero attached hydrogens (tertiary/aromatic N) is 1. The van der Waals surface area contributed by atoms with Gasteiger partial charge in [0.05, 0.1) is 0 Å². The quantitative estimate of drug-likeness (QED) is 0.306. The van der Waals surface area contributed by atoms with Gasteiger partial charge in [0.1, 0.15) is 7.05 Å². The minimum atomic E-state index is 0.0782. The highest BCUT2D eigenvalue weighted by atomic mass is 14.9. The predicted octanol–water partition coefficient (Wildman–Crippen LogP) is 7.60. The van der Waals surface area contributed by atoms with E-state index in [9.17, 15) is 0 Å². The Bertz CT molecular complexity index is 1290. The molecule has 0 amide bonds. The van der Waals surface area contributed by atoms with E-state index < -0.39 is 0 Å². The normalized spacial score (nSPS) is 12.3. The van der Waals surface area contributed by atoms with Crippen LogP contribution in [0.5, 0.6) is 0 Å². The number of pyridine rings is 1. The Morgan fingerprint density at radius 2 is 1.52 bits per heavy atom. The van der Waals surface area contributed by atoms with Crippen molar-refractivity contribution in [2.24, 2.45) is 13.0 Å². The average molecular weight is 411 g/mol. The molecule has 0 aliphatic rings. The predicted molar refractivity (Wildman–Crippen MR) is 135 cm³/mol. The Hall–Kier alpha value is -2.67. The first-order valence-electron chi connectivity index (χ1n) is 11.5. The molecule has 0 aliphatic carbocycles. The highest BCUT2D eigenvalue weighted by molar-refractivity contribution is 5.94. The Morgan fingerprint density at radius 3 is 2.16 bits per heavy atom. The highest BCUT2D eigenvalue weighted by Gasteiger charge is 2.25. The molecule has 0 saturated carbocycles. The van der Waals surface area contributed by atoms with E-state index in [-0.39, 0.29) is 5.41 Å². The third kappa shape index (κ3) is 3.87. The summed E-state index contributed by atoms with van der Waals surface area (Å²) in [4.78, 5) is 0. The lowest BCUT2D eigenvalue weighted by atomic mass is 9.80. The van der Waals surface area contributed by atoms with E-state index in [1.807, 2.05) is 0 Å². The largest absolute Gasteiger partial charge is 0.213 e. The number of fused-ring (bicyclic) bond motifs is 2. The molecule has 0 atom stereocenters. The van der Waals surface area contributed by atoms with Crippen LogP contribution in [0.25, 0.3) is 32.9 Å². The lowest BCUT2D eigenvalue weighted by Gasteiger charge is -2.24. The second-order valence-electron chi connectivity index (χ2n) is 10.6. The average Bonchev–Trinajstić information content (AvgIpc) is 2.69. The second kappa shape index (κ2) is 7.79. The van der Waals surface area contributed by atoms with Gasteiger partial charge in [-0.2, -0.15) is 4.57 Å². The van der Waals surface area contributed by atoms with Crippen LogP contribution in [-0.2, 0) is 18.9 Å². The molecule has 4 aromatic rings. The molecule has 4 rings (SSSR count). The van der Waals surface area contributed by atoms with E-state index in [4.69, 9.17) is 0 Å². The maximum Gasteiger partial charge on any atom is 0.213 e. The van der Waals surface area contributed by atoms with Crippen molar-refractivity contribution in [1.29, 1.82) is 0 Å². The van der Waals surface area contributed by atoms with Gasteiger partial charge in [-0.25, -0.2) is 0 Å². The second-order valence-corrected chi connectivity index (χ2v) is 10.6. The van der Waals surface area contributed by atoms with Crippen molar-refractivity contribution in [1.82, 2.24) is 0 Å². The number of hydrogen-bond acceptors (Lipinski definition) is 0. The van der Waals surface area contributed by atoms with Gasteiger partial charge in [-0.3, -0.25) is 0 Å².